The van der Waals surface area contributed by atoms with Gasteiger partial charge >= 0.3 is 5.97 Å². The number of nitrogens with one attached hydrogen (secondary N) is 1. The molecule has 16 nitrogen and oxygen atoms in total. The van der Waals surface area contributed by atoms with Crippen LogP contribution in [-0.4, -0.2) is 149 Å². The average Bonchev–Trinajstić information content (AvgIpc) is 2.90. The third kappa shape index (κ3) is 31.9. The maximum atomic E-state index is 11.3. The third-order valence-corrected chi connectivity index (χ3v) is 4.03. The lowest BCUT2D eigenvalue weighted by Crippen LogP contribution is -2.31. The number of amides is 1. The number of azide groups is 1. The van der Waals surface area contributed by atoms with E-state index in [1.54, 1.807) is 0 Å². The van der Waals surface area contributed by atoms with Crippen molar-refractivity contribution >= 4 is 11.9 Å². The molecule has 0 atom stereocenters. The van der Waals surface area contributed by atoms with Crippen molar-refractivity contribution in [2.24, 2.45) is 5.11 Å². The molecule has 0 radical (unpaired) electrons. The molecule has 1 amide bonds. The predicted molar refractivity (Wildman–Crippen MR) is 132 cm³/mol. The van der Waals surface area contributed by atoms with Gasteiger partial charge < -0.3 is 53.1 Å². The lowest BCUT2D eigenvalue weighted by molar-refractivity contribution is -0.143. The monoisotopic (exact) mass is 554 g/mol. The first-order chi connectivity index (χ1) is 18.7. The normalized spacial score (nSPS) is 10.8. The first-order valence-corrected chi connectivity index (χ1v) is 12.4. The number of ether oxygens (including phenoxy) is 9. The number of aliphatic carboxylic acids is 1. The summed E-state index contributed by atoms with van der Waals surface area (Å²) in [6, 6.07) is 0. The summed E-state index contributed by atoms with van der Waals surface area (Å²) >= 11 is 0. The Morgan fingerprint density at radius 3 is 1.32 bits per heavy atom. The van der Waals surface area contributed by atoms with Crippen LogP contribution in [0.3, 0.4) is 0 Å². The van der Waals surface area contributed by atoms with Crippen molar-refractivity contribution in [3.63, 3.8) is 0 Å². The first-order valence-electron chi connectivity index (χ1n) is 12.4. The average molecular weight is 555 g/mol. The second-order valence-corrected chi connectivity index (χ2v) is 7.09. The molecule has 0 bridgehead atoms. The molecule has 0 fully saturated rings. The van der Waals surface area contributed by atoms with Crippen LogP contribution in [0, 0.1) is 0 Å². The van der Waals surface area contributed by atoms with Crippen LogP contribution in [0.25, 0.3) is 10.4 Å². The van der Waals surface area contributed by atoms with Gasteiger partial charge in [0.25, 0.3) is 0 Å². The zero-order chi connectivity index (χ0) is 27.8. The molecule has 0 saturated heterocycles. The Hall–Kier alpha value is -2.11. The number of carboxylic acid groups (broad SMARTS) is 1. The van der Waals surface area contributed by atoms with Gasteiger partial charge in [0, 0.05) is 18.0 Å². The number of carbonyl (C=O) groups is 2. The van der Waals surface area contributed by atoms with Crippen LogP contribution in [0.4, 0.5) is 0 Å². The molecule has 0 aromatic heterocycles. The smallest absolute Gasteiger partial charge is 0.329 e. The van der Waals surface area contributed by atoms with Gasteiger partial charge in [-0.2, -0.15) is 0 Å². The van der Waals surface area contributed by atoms with Crippen molar-refractivity contribution in [3.05, 3.63) is 10.4 Å². The predicted octanol–water partition coefficient (Wildman–Crippen LogP) is -0.353. The van der Waals surface area contributed by atoms with Crippen LogP contribution in [0.15, 0.2) is 5.11 Å². The molecule has 0 aromatic carbocycles. The van der Waals surface area contributed by atoms with Gasteiger partial charge in [-0.1, -0.05) is 5.11 Å². The molecule has 38 heavy (non-hydrogen) atoms. The number of carboxylic acids is 1. The van der Waals surface area contributed by atoms with Crippen LogP contribution in [0.1, 0.15) is 0 Å². The molecule has 0 aliphatic carbocycles. The van der Waals surface area contributed by atoms with E-state index in [2.05, 4.69) is 20.1 Å². The fourth-order valence-corrected chi connectivity index (χ4v) is 2.34. The van der Waals surface area contributed by atoms with Crippen molar-refractivity contribution < 1.29 is 57.3 Å². The molecule has 16 heteroatoms. The zero-order valence-corrected chi connectivity index (χ0v) is 21.9. The maximum Gasteiger partial charge on any atom is 0.329 e. The van der Waals surface area contributed by atoms with Gasteiger partial charge in [0.05, 0.1) is 106 Å². The highest BCUT2D eigenvalue weighted by Crippen LogP contribution is 1.86. The Morgan fingerprint density at radius 2 is 0.947 bits per heavy atom. The van der Waals surface area contributed by atoms with Gasteiger partial charge in [0.15, 0.2) is 0 Å². The molecule has 222 valence electrons. The van der Waals surface area contributed by atoms with Gasteiger partial charge in [-0.25, -0.2) is 4.79 Å². The van der Waals surface area contributed by atoms with E-state index in [9.17, 15) is 9.59 Å². The fourth-order valence-electron chi connectivity index (χ4n) is 2.34. The molecule has 0 unspecified atom stereocenters. The number of hydrogen-bond acceptors (Lipinski definition) is 12. The summed E-state index contributed by atoms with van der Waals surface area (Å²) in [7, 11) is 0. The lowest BCUT2D eigenvalue weighted by atomic mass is 10.6. The van der Waals surface area contributed by atoms with E-state index in [1.165, 1.54) is 0 Å². The maximum absolute atomic E-state index is 11.3. The van der Waals surface area contributed by atoms with Crippen molar-refractivity contribution in [2.45, 2.75) is 0 Å². The van der Waals surface area contributed by atoms with E-state index in [1.807, 2.05) is 0 Å². The van der Waals surface area contributed by atoms with Crippen LogP contribution in [0.5, 0.6) is 0 Å². The topological polar surface area (TPSA) is 198 Å². The Kier molecular flexibility index (Phi) is 29.4. The van der Waals surface area contributed by atoms with E-state index < -0.39 is 18.5 Å². The van der Waals surface area contributed by atoms with E-state index in [-0.39, 0.29) is 6.61 Å². The molecule has 0 aromatic rings. The SMILES string of the molecule is [N-]=[N+]=NCCOCCOCCOCCOCCOCCOCCOCCOCCNC(=O)COCC(=O)O. The van der Waals surface area contributed by atoms with Gasteiger partial charge in [-0.3, -0.25) is 4.79 Å². The van der Waals surface area contributed by atoms with Crippen molar-refractivity contribution in [2.75, 3.05) is 132 Å². The molecule has 0 saturated carbocycles. The number of hydrogen-bond donors (Lipinski definition) is 2. The molecule has 0 aliphatic heterocycles. The molecule has 2 N–H and O–H groups in total. The lowest BCUT2D eigenvalue weighted by Gasteiger charge is -2.09. The van der Waals surface area contributed by atoms with Crippen molar-refractivity contribution in [3.8, 4) is 0 Å². The molecule has 0 spiro atoms. The Labute approximate surface area is 222 Å². The highest BCUT2D eigenvalue weighted by atomic mass is 16.6. The minimum atomic E-state index is -1.12. The number of carbonyl (C=O) groups excluding carboxylic acids is 1. The highest BCUT2D eigenvalue weighted by Gasteiger charge is 2.03. The van der Waals surface area contributed by atoms with Crippen molar-refractivity contribution in [1.29, 1.82) is 0 Å². The second kappa shape index (κ2) is 31.1. The van der Waals surface area contributed by atoms with Crippen LogP contribution < -0.4 is 5.32 Å². The summed E-state index contributed by atoms with van der Waals surface area (Å²) < 4.78 is 47.4. The van der Waals surface area contributed by atoms with E-state index in [0.29, 0.717) is 119 Å². The first kappa shape index (κ1) is 35.9. The van der Waals surface area contributed by atoms with E-state index in [0.717, 1.165) is 0 Å². The van der Waals surface area contributed by atoms with E-state index in [4.69, 9.17) is 48.5 Å². The largest absolute Gasteiger partial charge is 0.480 e. The van der Waals surface area contributed by atoms with Gasteiger partial charge in [-0.05, 0) is 5.53 Å². The summed E-state index contributed by atoms with van der Waals surface area (Å²) in [4.78, 5) is 24.2. The summed E-state index contributed by atoms with van der Waals surface area (Å²) in [6.07, 6.45) is 0. The third-order valence-electron chi connectivity index (χ3n) is 4.03. The Bertz CT molecular complexity index is 597. The van der Waals surface area contributed by atoms with Gasteiger partial charge in [0.1, 0.15) is 13.2 Å². The van der Waals surface area contributed by atoms with Crippen LogP contribution >= 0.6 is 0 Å². The molecular formula is C22H42N4O12. The molecular weight excluding hydrogens is 512 g/mol. The Morgan fingerprint density at radius 1 is 0.579 bits per heavy atom. The zero-order valence-electron chi connectivity index (χ0n) is 21.9. The molecule has 0 aliphatic rings. The minimum absolute atomic E-state index is 0.299. The van der Waals surface area contributed by atoms with E-state index >= 15 is 0 Å². The van der Waals surface area contributed by atoms with Crippen LogP contribution in [0.2, 0.25) is 0 Å². The van der Waals surface area contributed by atoms with Gasteiger partial charge in [-0.15, -0.1) is 0 Å². The Balaban J connectivity index is 3.10. The summed E-state index contributed by atoms with van der Waals surface area (Å²) in [5.74, 6) is -1.52. The molecule has 0 heterocycles. The second-order valence-electron chi connectivity index (χ2n) is 7.09. The van der Waals surface area contributed by atoms with Crippen molar-refractivity contribution in [1.82, 2.24) is 5.32 Å². The standard InChI is InChI=1S/C22H42N4O12/c23-26-25-2-4-31-6-8-33-10-12-35-14-16-37-18-17-36-15-13-34-11-9-32-7-5-30-3-1-24-21(27)19-38-20-22(28)29/h1-20H2,(H,24,27)(H,28,29). The minimum Gasteiger partial charge on any atom is -0.480 e. The summed E-state index contributed by atoms with van der Waals surface area (Å²) in [5, 5.41) is 14.3. The van der Waals surface area contributed by atoms with Gasteiger partial charge in [0.2, 0.25) is 5.91 Å². The number of nitrogens with zero attached hydrogens (tertiary/aromatic N) is 3. The fraction of sp³-hybridized carbons (Fsp3) is 0.909. The quantitative estimate of drug-likeness (QED) is 0.0489. The highest BCUT2D eigenvalue weighted by molar-refractivity contribution is 5.77. The number of rotatable bonds is 31. The van der Waals surface area contributed by atoms with Crippen LogP contribution in [-0.2, 0) is 52.2 Å². The molecule has 0 rings (SSSR count). The summed E-state index contributed by atoms with van der Waals surface area (Å²) in [5.41, 5.74) is 8.11. The summed E-state index contributed by atoms with van der Waals surface area (Å²) in [6.45, 7) is 6.82.